The van der Waals surface area contributed by atoms with Crippen LogP contribution in [-0.2, 0) is 23.7 Å². The van der Waals surface area contributed by atoms with Gasteiger partial charge in [-0.05, 0) is 32.1 Å². The summed E-state index contributed by atoms with van der Waals surface area (Å²) >= 11 is 0. The molecule has 12 atom stereocenters. The molecule has 0 aromatic heterocycles. The van der Waals surface area contributed by atoms with Gasteiger partial charge in [0.05, 0.1) is 32.0 Å². The van der Waals surface area contributed by atoms with Crippen molar-refractivity contribution in [3.8, 4) is 0 Å². The molecule has 2 saturated heterocycles. The molecule has 412 valence electrons. The van der Waals surface area contributed by atoms with Gasteiger partial charge in [-0.15, -0.1) is 0 Å². The molecule has 14 nitrogen and oxygen atoms in total. The Bertz CT molecular complexity index is 1270. The van der Waals surface area contributed by atoms with Gasteiger partial charge in [0.2, 0.25) is 5.91 Å². The zero-order valence-electron chi connectivity index (χ0n) is 44.0. The molecular formula is C56H105NO13. The van der Waals surface area contributed by atoms with Gasteiger partial charge >= 0.3 is 0 Å². The number of aliphatic hydroxyl groups is 8. The van der Waals surface area contributed by atoms with Crippen molar-refractivity contribution < 1.29 is 64.6 Å². The van der Waals surface area contributed by atoms with E-state index < -0.39 is 86.8 Å². The van der Waals surface area contributed by atoms with Gasteiger partial charge in [0.1, 0.15) is 48.8 Å². The minimum Gasteiger partial charge on any atom is -0.394 e. The van der Waals surface area contributed by atoms with Crippen molar-refractivity contribution in [2.45, 2.75) is 306 Å². The topological polar surface area (TPSA) is 228 Å². The van der Waals surface area contributed by atoms with Crippen LogP contribution >= 0.6 is 0 Å². The van der Waals surface area contributed by atoms with E-state index >= 15 is 0 Å². The first-order valence-electron chi connectivity index (χ1n) is 28.6. The number of allylic oxidation sites excluding steroid dienone is 3. The first kappa shape index (κ1) is 64.6. The third-order valence-electron chi connectivity index (χ3n) is 14.1. The van der Waals surface area contributed by atoms with Gasteiger partial charge in [0.15, 0.2) is 12.6 Å². The third-order valence-corrected chi connectivity index (χ3v) is 14.1. The summed E-state index contributed by atoms with van der Waals surface area (Å²) in [4.78, 5) is 13.0. The van der Waals surface area contributed by atoms with Crippen molar-refractivity contribution in [3.05, 3.63) is 24.3 Å². The third kappa shape index (κ3) is 28.8. The molecule has 0 spiro atoms. The number of unbranched alkanes of at least 4 members (excludes halogenated alkanes) is 30. The molecule has 0 radical (unpaired) electrons. The predicted octanol–water partition coefficient (Wildman–Crippen LogP) is 8.89. The molecule has 9 N–H and O–H groups in total. The number of hydrogen-bond donors (Lipinski definition) is 9. The zero-order valence-corrected chi connectivity index (χ0v) is 44.0. The molecule has 1 amide bonds. The Balaban J connectivity index is 1.64. The smallest absolute Gasteiger partial charge is 0.220 e. The molecule has 70 heavy (non-hydrogen) atoms. The van der Waals surface area contributed by atoms with Gasteiger partial charge in [0.25, 0.3) is 0 Å². The largest absolute Gasteiger partial charge is 0.394 e. The second-order valence-electron chi connectivity index (χ2n) is 20.4. The van der Waals surface area contributed by atoms with E-state index in [4.69, 9.17) is 18.9 Å². The molecule has 0 bridgehead atoms. The predicted molar refractivity (Wildman–Crippen MR) is 277 cm³/mol. The molecule has 2 aliphatic heterocycles. The Kier molecular flexibility index (Phi) is 39.5. The number of ether oxygens (including phenoxy) is 4. The highest BCUT2D eigenvalue weighted by Crippen LogP contribution is 2.30. The van der Waals surface area contributed by atoms with Crippen LogP contribution in [0.4, 0.5) is 0 Å². The number of aliphatic hydroxyl groups excluding tert-OH is 8. The van der Waals surface area contributed by atoms with Gasteiger partial charge < -0.3 is 65.1 Å². The first-order chi connectivity index (χ1) is 34.1. The van der Waals surface area contributed by atoms with Crippen LogP contribution in [0.25, 0.3) is 0 Å². The van der Waals surface area contributed by atoms with Crippen LogP contribution in [0.15, 0.2) is 24.3 Å². The van der Waals surface area contributed by atoms with Crippen LogP contribution in [0.3, 0.4) is 0 Å². The van der Waals surface area contributed by atoms with E-state index in [0.717, 1.165) is 44.9 Å². The summed E-state index contributed by atoms with van der Waals surface area (Å²) in [7, 11) is 0. The Labute approximate surface area is 424 Å². The molecule has 2 rings (SSSR count). The minimum atomic E-state index is -1.79. The van der Waals surface area contributed by atoms with Gasteiger partial charge in [0, 0.05) is 6.42 Å². The lowest BCUT2D eigenvalue weighted by Gasteiger charge is -2.46. The average molecular weight is 1000 g/mol. The summed E-state index contributed by atoms with van der Waals surface area (Å²) in [5.74, 6) is -0.258. The Morgan fingerprint density at radius 1 is 0.500 bits per heavy atom. The van der Waals surface area contributed by atoms with Crippen LogP contribution in [-0.4, -0.2) is 140 Å². The van der Waals surface area contributed by atoms with Crippen molar-refractivity contribution in [2.24, 2.45) is 0 Å². The van der Waals surface area contributed by atoms with Crippen LogP contribution in [0.2, 0.25) is 0 Å². The highest BCUT2D eigenvalue weighted by atomic mass is 16.7. The standard InChI is InChI=1S/C56H105NO13/c1-3-5-7-9-11-12-13-14-15-16-17-18-19-20-21-22-23-24-25-26-27-28-29-30-31-32-33-34-35-37-39-45(60)44(57-48(61)40-38-36-10-8-6-4-2)43-67-55-53(66)51(64)54(47(42-59)69-55)70-56-52(65)50(63)49(62)46(41-58)68-56/h32-33,37,39,44-47,49-56,58-60,62-66H,3-31,34-36,38,40-43H2,1-2H3,(H,57,61)/b33-32+,39-37+. The van der Waals surface area contributed by atoms with Crippen molar-refractivity contribution >= 4 is 5.91 Å². The fraction of sp³-hybridized carbons (Fsp3) is 0.911. The van der Waals surface area contributed by atoms with E-state index in [1.165, 1.54) is 154 Å². The van der Waals surface area contributed by atoms with Crippen molar-refractivity contribution in [1.29, 1.82) is 0 Å². The Morgan fingerprint density at radius 3 is 1.40 bits per heavy atom. The Hall–Kier alpha value is -1.53. The lowest BCUT2D eigenvalue weighted by atomic mass is 9.97. The SMILES string of the molecule is CCCCCCCCCCCCCCCCCCCCCCCCCC/C=C/CC/C=C/C(O)C(COC1OC(CO)C(OC2OC(CO)C(O)C(O)C2O)C(O)C1O)NC(=O)CCCCCCCC. The van der Waals surface area contributed by atoms with Gasteiger partial charge in [-0.25, -0.2) is 0 Å². The van der Waals surface area contributed by atoms with Gasteiger partial charge in [-0.1, -0.05) is 218 Å². The molecule has 2 aliphatic rings. The number of hydrogen-bond acceptors (Lipinski definition) is 13. The van der Waals surface area contributed by atoms with Crippen LogP contribution in [0.1, 0.15) is 232 Å². The second-order valence-corrected chi connectivity index (χ2v) is 20.4. The molecule has 2 heterocycles. The normalized spacial score (nSPS) is 26.1. The molecule has 0 aromatic carbocycles. The van der Waals surface area contributed by atoms with Crippen molar-refractivity contribution in [3.63, 3.8) is 0 Å². The van der Waals surface area contributed by atoms with Crippen LogP contribution in [0.5, 0.6) is 0 Å². The van der Waals surface area contributed by atoms with Gasteiger partial charge in [-0.2, -0.15) is 0 Å². The average Bonchev–Trinajstić information content (AvgIpc) is 3.36. The highest BCUT2D eigenvalue weighted by molar-refractivity contribution is 5.76. The number of amides is 1. The minimum absolute atomic E-state index is 0.258. The second kappa shape index (κ2) is 42.8. The van der Waals surface area contributed by atoms with Crippen LogP contribution in [0, 0.1) is 0 Å². The molecule has 2 fully saturated rings. The Morgan fingerprint density at radius 2 is 0.914 bits per heavy atom. The molecule has 14 heteroatoms. The van der Waals surface area contributed by atoms with Crippen LogP contribution < -0.4 is 5.32 Å². The van der Waals surface area contributed by atoms with Crippen molar-refractivity contribution in [2.75, 3.05) is 19.8 Å². The maximum Gasteiger partial charge on any atom is 0.220 e. The fourth-order valence-electron chi connectivity index (χ4n) is 9.48. The van der Waals surface area contributed by atoms with E-state index in [0.29, 0.717) is 12.8 Å². The number of carbonyl (C=O) groups excluding carboxylic acids is 1. The summed E-state index contributed by atoms with van der Waals surface area (Å²) in [6, 6.07) is -0.924. The van der Waals surface area contributed by atoms with E-state index in [9.17, 15) is 45.6 Å². The lowest BCUT2D eigenvalue weighted by Crippen LogP contribution is -2.65. The quantitative estimate of drug-likeness (QED) is 0.0205. The molecule has 0 aliphatic carbocycles. The number of nitrogens with one attached hydrogen (secondary N) is 1. The highest BCUT2D eigenvalue weighted by Gasteiger charge is 2.51. The molecule has 0 aromatic rings. The van der Waals surface area contributed by atoms with Gasteiger partial charge in [-0.3, -0.25) is 4.79 Å². The summed E-state index contributed by atoms with van der Waals surface area (Å²) in [6.45, 7) is 2.71. The lowest BCUT2D eigenvalue weighted by molar-refractivity contribution is -0.359. The monoisotopic (exact) mass is 1000 g/mol. The summed E-state index contributed by atoms with van der Waals surface area (Å²) in [5.41, 5.74) is 0. The van der Waals surface area contributed by atoms with E-state index in [-0.39, 0.29) is 18.9 Å². The number of carbonyl (C=O) groups is 1. The maximum absolute atomic E-state index is 13.0. The fourth-order valence-corrected chi connectivity index (χ4v) is 9.48. The van der Waals surface area contributed by atoms with E-state index in [1.54, 1.807) is 6.08 Å². The summed E-state index contributed by atoms with van der Waals surface area (Å²) in [6.07, 6.45) is 33.0. The maximum atomic E-state index is 13.0. The molecule has 0 saturated carbocycles. The zero-order chi connectivity index (χ0) is 51.0. The molecular weight excluding hydrogens is 895 g/mol. The summed E-state index contributed by atoms with van der Waals surface area (Å²) < 4.78 is 22.6. The molecule has 12 unspecified atom stereocenters. The number of rotatable bonds is 45. The first-order valence-corrected chi connectivity index (χ1v) is 28.6. The van der Waals surface area contributed by atoms with E-state index in [1.807, 2.05) is 6.08 Å². The van der Waals surface area contributed by atoms with Crippen molar-refractivity contribution in [1.82, 2.24) is 5.32 Å². The van der Waals surface area contributed by atoms with E-state index in [2.05, 4.69) is 31.3 Å². The summed E-state index contributed by atoms with van der Waals surface area (Å²) in [5, 5.41) is 86.5.